The topological polar surface area (TPSA) is 27.7 Å². The van der Waals surface area contributed by atoms with Gasteiger partial charge in [0.15, 0.2) is 0 Å². The van der Waals surface area contributed by atoms with Gasteiger partial charge in [-0.2, -0.15) is 0 Å². The summed E-state index contributed by atoms with van der Waals surface area (Å²) >= 11 is 0. The third kappa shape index (κ3) is 12.6. The molecule has 1 heterocycles. The summed E-state index contributed by atoms with van der Waals surface area (Å²) in [5.41, 5.74) is 1.77. The highest BCUT2D eigenvalue weighted by Gasteiger charge is 2.51. The molecule has 1 aromatic carbocycles. The molecule has 0 N–H and O–H groups in total. The second-order valence-corrected chi connectivity index (χ2v) is 13.2. The normalized spacial score (nSPS) is 17.1. The minimum absolute atomic E-state index is 0.336. The number of aryl methyl sites for hydroxylation is 1. The van der Waals surface area contributed by atoms with Crippen LogP contribution in [0.15, 0.2) is 18.2 Å². The molecular weight excluding hydrogens is 479 g/mol. The second kappa shape index (κ2) is 18.4. The van der Waals surface area contributed by atoms with Crippen molar-refractivity contribution in [3.63, 3.8) is 0 Å². The molecule has 1 atom stereocenters. The summed E-state index contributed by atoms with van der Waals surface area (Å²) in [5.74, 6) is 1.59. The van der Waals surface area contributed by atoms with Gasteiger partial charge in [0.1, 0.15) is 5.75 Å². The molecule has 39 heavy (non-hydrogen) atoms. The van der Waals surface area contributed by atoms with Gasteiger partial charge in [-0.1, -0.05) is 123 Å². The van der Waals surface area contributed by atoms with Crippen molar-refractivity contribution in [2.45, 2.75) is 175 Å². The molecule has 3 nitrogen and oxygen atoms in total. The van der Waals surface area contributed by atoms with Crippen molar-refractivity contribution in [2.24, 2.45) is 5.92 Å². The first-order valence-corrected chi connectivity index (χ1v) is 16.8. The summed E-state index contributed by atoms with van der Waals surface area (Å²) in [4.78, 5) is 0. The van der Waals surface area contributed by atoms with Crippen LogP contribution in [0.25, 0.3) is 0 Å². The van der Waals surface area contributed by atoms with Gasteiger partial charge in [-0.3, -0.25) is 0 Å². The molecule has 1 aliphatic rings. The van der Waals surface area contributed by atoms with Gasteiger partial charge in [-0.05, 0) is 76.0 Å². The average Bonchev–Trinajstić information content (AvgIpc) is 3.13. The van der Waals surface area contributed by atoms with Gasteiger partial charge < -0.3 is 14.0 Å². The van der Waals surface area contributed by atoms with Crippen LogP contribution in [0.4, 0.5) is 0 Å². The summed E-state index contributed by atoms with van der Waals surface area (Å²) < 4.78 is 19.2. The van der Waals surface area contributed by atoms with Crippen molar-refractivity contribution in [3.8, 4) is 5.75 Å². The minimum Gasteiger partial charge on any atom is -0.493 e. The molecule has 0 aromatic heterocycles. The maximum absolute atomic E-state index is 6.41. The average molecular weight is 543 g/mol. The van der Waals surface area contributed by atoms with Crippen LogP contribution in [0.1, 0.15) is 163 Å². The Hall–Kier alpha value is -0.995. The van der Waals surface area contributed by atoms with Crippen LogP contribution in [-0.4, -0.2) is 24.9 Å². The van der Waals surface area contributed by atoms with Crippen LogP contribution in [-0.2, 0) is 15.7 Å². The zero-order valence-electron chi connectivity index (χ0n) is 27.0. The van der Waals surface area contributed by atoms with Gasteiger partial charge in [0.25, 0.3) is 0 Å². The number of rotatable bonds is 22. The molecule has 0 spiro atoms. The Labute approximate surface area is 243 Å². The lowest BCUT2D eigenvalue weighted by atomic mass is 9.78. The molecule has 0 radical (unpaired) electrons. The molecule has 0 bridgehead atoms. The van der Waals surface area contributed by atoms with Crippen LogP contribution in [0.5, 0.6) is 5.75 Å². The molecule has 0 aliphatic carbocycles. The zero-order valence-corrected chi connectivity index (χ0v) is 27.0. The first-order valence-electron chi connectivity index (χ1n) is 16.8. The highest BCUT2D eigenvalue weighted by atomic mass is 16.7. The van der Waals surface area contributed by atoms with Gasteiger partial charge in [-0.15, -0.1) is 0 Å². The van der Waals surface area contributed by atoms with E-state index >= 15 is 0 Å². The maximum Gasteiger partial charge on any atom is 0.494 e. The molecular formula is C35H63BO3. The smallest absolute Gasteiger partial charge is 0.493 e. The SMILES string of the molecule is CCCCCCCCCCCCCCCc1cc(OCC(CC)CCCC)cc(B2OC(C)(C)C(C)(C)O2)c1. The molecule has 2 rings (SSSR count). The fourth-order valence-electron chi connectivity index (χ4n) is 5.49. The third-order valence-electron chi connectivity index (χ3n) is 9.11. The number of unbranched alkanes of at least 4 members (excludes halogenated alkanes) is 13. The van der Waals surface area contributed by atoms with Gasteiger partial charge in [-0.25, -0.2) is 0 Å². The maximum atomic E-state index is 6.41. The highest BCUT2D eigenvalue weighted by molar-refractivity contribution is 6.62. The molecule has 0 amide bonds. The van der Waals surface area contributed by atoms with E-state index in [1.54, 1.807) is 0 Å². The van der Waals surface area contributed by atoms with Gasteiger partial charge in [0.2, 0.25) is 0 Å². The van der Waals surface area contributed by atoms with E-state index in [2.05, 4.69) is 66.7 Å². The quantitative estimate of drug-likeness (QED) is 0.108. The van der Waals surface area contributed by atoms with E-state index in [9.17, 15) is 0 Å². The lowest BCUT2D eigenvalue weighted by Gasteiger charge is -2.32. The van der Waals surface area contributed by atoms with Crippen molar-refractivity contribution in [1.29, 1.82) is 0 Å². The molecule has 1 aromatic rings. The van der Waals surface area contributed by atoms with Gasteiger partial charge >= 0.3 is 7.12 Å². The Morgan fingerprint density at radius 3 is 1.69 bits per heavy atom. The standard InChI is InChI=1S/C35H63BO3/c1-8-11-13-14-15-16-17-18-19-20-21-22-23-25-31-26-32(36-38-34(4,5)35(6,7)39-36)28-33(27-31)37-29-30(10-3)24-12-9-2/h26-28,30H,8-25,29H2,1-7H3. The molecule has 0 saturated carbocycles. The number of hydrogen-bond acceptors (Lipinski definition) is 3. The first kappa shape index (κ1) is 34.2. The van der Waals surface area contributed by atoms with E-state index < -0.39 is 0 Å². The van der Waals surface area contributed by atoms with E-state index in [1.165, 1.54) is 115 Å². The lowest BCUT2D eigenvalue weighted by Crippen LogP contribution is -2.41. The van der Waals surface area contributed by atoms with Gasteiger partial charge in [0.05, 0.1) is 17.8 Å². The molecule has 1 aliphatic heterocycles. The molecule has 4 heteroatoms. The van der Waals surface area contributed by atoms with E-state index in [-0.39, 0.29) is 18.3 Å². The fourth-order valence-corrected chi connectivity index (χ4v) is 5.49. The van der Waals surface area contributed by atoms with Crippen LogP contribution < -0.4 is 10.2 Å². The molecule has 1 fully saturated rings. The van der Waals surface area contributed by atoms with Crippen molar-refractivity contribution < 1.29 is 14.0 Å². The van der Waals surface area contributed by atoms with Crippen molar-refractivity contribution in [1.82, 2.24) is 0 Å². The van der Waals surface area contributed by atoms with E-state index in [4.69, 9.17) is 14.0 Å². The summed E-state index contributed by atoms with van der Waals surface area (Å²) in [6.07, 6.45) is 24.1. The van der Waals surface area contributed by atoms with E-state index in [1.807, 2.05) is 0 Å². The highest BCUT2D eigenvalue weighted by Crippen LogP contribution is 2.37. The second-order valence-electron chi connectivity index (χ2n) is 13.2. The largest absolute Gasteiger partial charge is 0.494 e. The lowest BCUT2D eigenvalue weighted by molar-refractivity contribution is 0.00578. The van der Waals surface area contributed by atoms with Crippen LogP contribution in [0, 0.1) is 5.92 Å². The zero-order chi connectivity index (χ0) is 28.6. The summed E-state index contributed by atoms with van der Waals surface area (Å²) in [6, 6.07) is 6.72. The van der Waals surface area contributed by atoms with Gasteiger partial charge in [0, 0.05) is 0 Å². The predicted octanol–water partition coefficient (Wildman–Crippen LogP) is 10.2. The van der Waals surface area contributed by atoms with E-state index in [0.717, 1.165) is 24.2 Å². The Balaban J connectivity index is 1.84. The van der Waals surface area contributed by atoms with Crippen molar-refractivity contribution >= 4 is 12.6 Å². The van der Waals surface area contributed by atoms with Crippen molar-refractivity contribution in [2.75, 3.05) is 6.61 Å². The summed E-state index contributed by atoms with van der Waals surface area (Å²) in [7, 11) is -0.342. The summed E-state index contributed by atoms with van der Waals surface area (Å²) in [6.45, 7) is 16.1. The summed E-state index contributed by atoms with van der Waals surface area (Å²) in [5, 5.41) is 0. The molecule has 1 saturated heterocycles. The third-order valence-corrected chi connectivity index (χ3v) is 9.11. The van der Waals surface area contributed by atoms with Crippen LogP contribution in [0.3, 0.4) is 0 Å². The number of hydrogen-bond donors (Lipinski definition) is 0. The van der Waals surface area contributed by atoms with Crippen LogP contribution in [0.2, 0.25) is 0 Å². The van der Waals surface area contributed by atoms with Crippen molar-refractivity contribution in [3.05, 3.63) is 23.8 Å². The Bertz CT molecular complexity index is 759. The fraction of sp³-hybridized carbons (Fsp3) is 0.829. The predicted molar refractivity (Wildman–Crippen MR) is 170 cm³/mol. The monoisotopic (exact) mass is 542 g/mol. The van der Waals surface area contributed by atoms with E-state index in [0.29, 0.717) is 5.92 Å². The Morgan fingerprint density at radius 2 is 1.18 bits per heavy atom. The number of benzene rings is 1. The number of ether oxygens (including phenoxy) is 1. The minimum atomic E-state index is -0.342. The molecule has 224 valence electrons. The molecule has 1 unspecified atom stereocenters. The Morgan fingerprint density at radius 1 is 0.667 bits per heavy atom. The first-order chi connectivity index (χ1) is 18.7. The van der Waals surface area contributed by atoms with Crippen LogP contribution >= 0.6 is 0 Å². The Kier molecular flexibility index (Phi) is 16.2.